The van der Waals surface area contributed by atoms with Crippen molar-refractivity contribution in [1.82, 2.24) is 14.8 Å². The highest BCUT2D eigenvalue weighted by molar-refractivity contribution is 5.92. The molecule has 0 aliphatic carbocycles. The molecule has 2 aromatic heterocycles. The van der Waals surface area contributed by atoms with E-state index in [1.54, 1.807) is 18.3 Å². The van der Waals surface area contributed by atoms with Crippen LogP contribution in [0.15, 0.2) is 36.8 Å². The van der Waals surface area contributed by atoms with E-state index in [2.05, 4.69) is 10.1 Å². The molecule has 4 rings (SSSR count). The number of aliphatic hydroxyl groups excluding tert-OH is 1. The van der Waals surface area contributed by atoms with Crippen LogP contribution in [0.5, 0.6) is 11.6 Å². The van der Waals surface area contributed by atoms with E-state index in [9.17, 15) is 27.5 Å². The fourth-order valence-corrected chi connectivity index (χ4v) is 4.00. The van der Waals surface area contributed by atoms with Gasteiger partial charge in [0.2, 0.25) is 0 Å². The summed E-state index contributed by atoms with van der Waals surface area (Å²) in [4.78, 5) is 17.5. The molecule has 3 aromatic rings. The first-order valence-corrected chi connectivity index (χ1v) is 10.7. The van der Waals surface area contributed by atoms with Gasteiger partial charge in [-0.05, 0) is 38.0 Å². The number of pyridine rings is 1. The van der Waals surface area contributed by atoms with Gasteiger partial charge in [0.1, 0.15) is 5.75 Å². The van der Waals surface area contributed by atoms with Crippen molar-refractivity contribution in [2.24, 2.45) is 0 Å². The van der Waals surface area contributed by atoms with Gasteiger partial charge in [0.15, 0.2) is 5.82 Å². The molecule has 35 heavy (non-hydrogen) atoms. The maximum Gasteiger partial charge on any atom is 0.417 e. The van der Waals surface area contributed by atoms with Gasteiger partial charge in [-0.1, -0.05) is 0 Å². The fourth-order valence-electron chi connectivity index (χ4n) is 4.00. The zero-order valence-corrected chi connectivity index (χ0v) is 18.8. The summed E-state index contributed by atoms with van der Waals surface area (Å²) in [6.45, 7) is 1.95. The molecule has 3 heterocycles. The second-order valence-electron chi connectivity index (χ2n) is 7.99. The van der Waals surface area contributed by atoms with Crippen LogP contribution in [-0.2, 0) is 23.9 Å². The molecule has 1 aliphatic heterocycles. The number of benzene rings is 1. The molecule has 186 valence electrons. The molecule has 0 saturated heterocycles. The van der Waals surface area contributed by atoms with Crippen LogP contribution < -0.4 is 9.64 Å². The van der Waals surface area contributed by atoms with Crippen molar-refractivity contribution in [3.05, 3.63) is 53.7 Å². The first-order valence-electron chi connectivity index (χ1n) is 10.7. The van der Waals surface area contributed by atoms with Crippen LogP contribution in [0.3, 0.4) is 0 Å². The Labute approximate surface area is 197 Å². The molecule has 8 nitrogen and oxygen atoms in total. The number of ether oxygens (including phenoxy) is 2. The monoisotopic (exact) mass is 494 g/mol. The lowest BCUT2D eigenvalue weighted by Gasteiger charge is -2.35. The minimum Gasteiger partial charge on any atom is -0.452 e. The molecule has 0 unspecified atom stereocenters. The normalized spacial score (nSPS) is 15.6. The summed E-state index contributed by atoms with van der Waals surface area (Å²) in [5.74, 6) is -1.79. The Bertz CT molecular complexity index is 1240. The van der Waals surface area contributed by atoms with Crippen molar-refractivity contribution in [1.29, 1.82) is 0 Å². The predicted molar refractivity (Wildman–Crippen MR) is 117 cm³/mol. The summed E-state index contributed by atoms with van der Waals surface area (Å²) >= 11 is 0. The smallest absolute Gasteiger partial charge is 0.417 e. The number of methoxy groups -OCH3 is 1. The Balaban J connectivity index is 1.85. The Morgan fingerprint density at radius 3 is 2.71 bits per heavy atom. The van der Waals surface area contributed by atoms with Gasteiger partial charge in [-0.2, -0.15) is 18.3 Å². The Kier molecular flexibility index (Phi) is 6.66. The second kappa shape index (κ2) is 9.53. The number of alkyl halides is 3. The Morgan fingerprint density at radius 1 is 1.29 bits per heavy atom. The molecule has 1 amide bonds. The third-order valence-corrected chi connectivity index (χ3v) is 5.73. The zero-order chi connectivity index (χ0) is 25.3. The first-order chi connectivity index (χ1) is 16.6. The maximum atomic E-state index is 14.6. The predicted octanol–water partition coefficient (Wildman–Crippen LogP) is 4.80. The van der Waals surface area contributed by atoms with Crippen molar-refractivity contribution >= 4 is 11.8 Å². The van der Waals surface area contributed by atoms with Gasteiger partial charge >= 0.3 is 12.3 Å². The van der Waals surface area contributed by atoms with Gasteiger partial charge in [-0.3, -0.25) is 9.58 Å². The average Bonchev–Trinajstić information content (AvgIpc) is 3.27. The van der Waals surface area contributed by atoms with E-state index in [-0.39, 0.29) is 24.9 Å². The van der Waals surface area contributed by atoms with Crippen LogP contribution in [0.2, 0.25) is 0 Å². The third-order valence-electron chi connectivity index (χ3n) is 5.73. The SMILES string of the molecule is COC(=O)N1c2ccc(-c3cnn(CCO)c3)c(Oc3ncc(C(F)(F)F)cc3F)c2CC[C@@H]1C. The third kappa shape index (κ3) is 4.78. The first kappa shape index (κ1) is 24.5. The molecule has 12 heteroatoms. The van der Waals surface area contributed by atoms with Gasteiger partial charge in [0.05, 0.1) is 37.7 Å². The van der Waals surface area contributed by atoms with Crippen molar-refractivity contribution in [2.45, 2.75) is 38.5 Å². The minimum atomic E-state index is -4.76. The van der Waals surface area contributed by atoms with Crippen LogP contribution >= 0.6 is 0 Å². The van der Waals surface area contributed by atoms with Crippen molar-refractivity contribution in [3.63, 3.8) is 0 Å². The highest BCUT2D eigenvalue weighted by Crippen LogP contribution is 2.45. The lowest BCUT2D eigenvalue weighted by atomic mass is 9.92. The summed E-state index contributed by atoms with van der Waals surface area (Å²) in [5.41, 5.74) is 0.806. The molecular weight excluding hydrogens is 472 g/mol. The summed E-state index contributed by atoms with van der Waals surface area (Å²) in [5, 5.41) is 13.4. The second-order valence-corrected chi connectivity index (χ2v) is 7.99. The Morgan fingerprint density at radius 2 is 2.06 bits per heavy atom. The van der Waals surface area contributed by atoms with Crippen LogP contribution in [0, 0.1) is 5.82 Å². The lowest BCUT2D eigenvalue weighted by Crippen LogP contribution is -2.42. The number of halogens is 4. The number of aliphatic hydroxyl groups is 1. The van der Waals surface area contributed by atoms with Crippen LogP contribution in [-0.4, -0.2) is 45.7 Å². The van der Waals surface area contributed by atoms with Gasteiger partial charge < -0.3 is 14.6 Å². The van der Waals surface area contributed by atoms with Crippen LogP contribution in [0.1, 0.15) is 24.5 Å². The fraction of sp³-hybridized carbons (Fsp3) is 0.348. The lowest BCUT2D eigenvalue weighted by molar-refractivity contribution is -0.138. The number of hydrogen-bond acceptors (Lipinski definition) is 6. The summed E-state index contributed by atoms with van der Waals surface area (Å²) in [7, 11) is 1.26. The van der Waals surface area contributed by atoms with E-state index in [0.29, 0.717) is 47.5 Å². The molecule has 1 aliphatic rings. The van der Waals surface area contributed by atoms with Crippen LogP contribution in [0.4, 0.5) is 28.0 Å². The molecule has 0 fully saturated rings. The molecule has 0 spiro atoms. The van der Waals surface area contributed by atoms with E-state index in [0.717, 1.165) is 0 Å². The van der Waals surface area contributed by atoms with E-state index in [1.165, 1.54) is 22.9 Å². The summed E-state index contributed by atoms with van der Waals surface area (Å²) < 4.78 is 65.8. The number of aromatic nitrogens is 3. The minimum absolute atomic E-state index is 0.137. The number of rotatable bonds is 5. The van der Waals surface area contributed by atoms with Crippen LogP contribution in [0.25, 0.3) is 11.1 Å². The average molecular weight is 494 g/mol. The van der Waals surface area contributed by atoms with Gasteiger partial charge in [-0.15, -0.1) is 0 Å². The quantitative estimate of drug-likeness (QED) is 0.513. The van der Waals surface area contributed by atoms with E-state index in [4.69, 9.17) is 9.47 Å². The molecule has 1 aromatic carbocycles. The standard InChI is InChI=1S/C23H22F4N4O4/c1-13-3-4-17-19(31(13)22(33)34-2)6-5-16(14-10-29-30(12-14)7-8-32)20(17)35-21-18(24)9-15(11-28-21)23(25,26)27/h5-6,9-13,32H,3-4,7-8H2,1-2H3/t13-/m0/s1. The molecular formula is C23H22F4N4O4. The highest BCUT2D eigenvalue weighted by Gasteiger charge is 2.34. The number of nitrogens with zero attached hydrogens (tertiary/aromatic N) is 4. The highest BCUT2D eigenvalue weighted by atomic mass is 19.4. The maximum absolute atomic E-state index is 14.6. The van der Waals surface area contributed by atoms with E-state index >= 15 is 0 Å². The number of amides is 1. The number of carbonyl (C=O) groups excluding carboxylic acids is 1. The molecule has 0 saturated carbocycles. The molecule has 0 bridgehead atoms. The number of anilines is 1. The number of carbonyl (C=O) groups is 1. The topological polar surface area (TPSA) is 89.7 Å². The summed E-state index contributed by atoms with van der Waals surface area (Å²) in [6.07, 6.45) is -0.715. The van der Waals surface area contributed by atoms with Gasteiger partial charge in [0.25, 0.3) is 5.88 Å². The van der Waals surface area contributed by atoms with Crippen molar-refractivity contribution < 1.29 is 36.9 Å². The zero-order valence-electron chi connectivity index (χ0n) is 18.8. The van der Waals surface area contributed by atoms with Gasteiger partial charge in [0, 0.05) is 35.1 Å². The number of fused-ring (bicyclic) bond motifs is 1. The summed E-state index contributed by atoms with van der Waals surface area (Å²) in [6, 6.07) is 3.47. The van der Waals surface area contributed by atoms with Crippen molar-refractivity contribution in [3.8, 4) is 22.8 Å². The van der Waals surface area contributed by atoms with E-state index in [1.807, 2.05) is 6.92 Å². The molecule has 1 atom stereocenters. The largest absolute Gasteiger partial charge is 0.452 e. The van der Waals surface area contributed by atoms with Gasteiger partial charge in [-0.25, -0.2) is 14.2 Å². The Hall–Kier alpha value is -3.67. The molecule has 1 N–H and O–H groups in total. The number of hydrogen-bond donors (Lipinski definition) is 1. The van der Waals surface area contributed by atoms with E-state index < -0.39 is 29.5 Å². The van der Waals surface area contributed by atoms with Crippen molar-refractivity contribution in [2.75, 3.05) is 18.6 Å². The molecule has 0 radical (unpaired) electrons.